The van der Waals surface area contributed by atoms with E-state index in [9.17, 15) is 5.11 Å². The highest BCUT2D eigenvalue weighted by Crippen LogP contribution is 2.46. The first-order valence-corrected chi connectivity index (χ1v) is 7.82. The highest BCUT2D eigenvalue weighted by Gasteiger charge is 2.30. The molecule has 0 saturated carbocycles. The Bertz CT molecular complexity index is 907. The van der Waals surface area contributed by atoms with E-state index in [2.05, 4.69) is 38.1 Å². The van der Waals surface area contributed by atoms with Crippen LogP contribution in [0.2, 0.25) is 0 Å². The number of rotatable bonds is 0. The van der Waals surface area contributed by atoms with E-state index < -0.39 is 0 Å². The maximum atomic E-state index is 10.6. The van der Waals surface area contributed by atoms with Gasteiger partial charge in [0.25, 0.3) is 0 Å². The standard InChI is InChI=1S/C20H20O2/c1-12-15-8-9-20(2,3)22-19(15)17-11-14-7-5-4-6-13(14)10-16(17)18(12)21/h4-7,10-11,21H,8-9H2,1-3H3. The fourth-order valence-electron chi connectivity index (χ4n) is 3.47. The fourth-order valence-corrected chi connectivity index (χ4v) is 3.47. The Hall–Kier alpha value is -2.22. The summed E-state index contributed by atoms with van der Waals surface area (Å²) in [6.07, 6.45) is 1.92. The number of hydrogen-bond donors (Lipinski definition) is 1. The second kappa shape index (κ2) is 4.39. The van der Waals surface area contributed by atoms with Crippen molar-refractivity contribution < 1.29 is 9.84 Å². The van der Waals surface area contributed by atoms with Crippen LogP contribution in [0, 0.1) is 6.92 Å². The van der Waals surface area contributed by atoms with Crippen LogP contribution < -0.4 is 4.74 Å². The zero-order valence-electron chi connectivity index (χ0n) is 13.2. The molecule has 0 bridgehead atoms. The van der Waals surface area contributed by atoms with Gasteiger partial charge in [0.15, 0.2) is 0 Å². The molecule has 0 radical (unpaired) electrons. The average Bonchev–Trinajstić information content (AvgIpc) is 2.50. The maximum Gasteiger partial charge on any atom is 0.131 e. The van der Waals surface area contributed by atoms with Gasteiger partial charge in [0.1, 0.15) is 17.1 Å². The normalized spacial score (nSPS) is 16.5. The van der Waals surface area contributed by atoms with Gasteiger partial charge in [-0.1, -0.05) is 24.3 Å². The first-order valence-electron chi connectivity index (χ1n) is 7.82. The van der Waals surface area contributed by atoms with Gasteiger partial charge in [-0.3, -0.25) is 0 Å². The molecule has 112 valence electrons. The van der Waals surface area contributed by atoms with Crippen LogP contribution in [-0.4, -0.2) is 10.7 Å². The summed E-state index contributed by atoms with van der Waals surface area (Å²) in [7, 11) is 0. The minimum Gasteiger partial charge on any atom is -0.507 e. The van der Waals surface area contributed by atoms with Crippen LogP contribution >= 0.6 is 0 Å². The predicted octanol–water partition coefficient (Wildman–Crippen LogP) is 5.11. The molecule has 0 spiro atoms. The molecule has 1 aliphatic rings. The smallest absolute Gasteiger partial charge is 0.131 e. The van der Waals surface area contributed by atoms with Gasteiger partial charge in [0, 0.05) is 16.3 Å². The van der Waals surface area contributed by atoms with Crippen LogP contribution in [0.15, 0.2) is 36.4 Å². The monoisotopic (exact) mass is 292 g/mol. The van der Waals surface area contributed by atoms with E-state index in [-0.39, 0.29) is 5.60 Å². The van der Waals surface area contributed by atoms with Crippen LogP contribution in [0.25, 0.3) is 21.5 Å². The molecule has 2 nitrogen and oxygen atoms in total. The summed E-state index contributed by atoms with van der Waals surface area (Å²) in [4.78, 5) is 0. The van der Waals surface area contributed by atoms with Gasteiger partial charge in [0.05, 0.1) is 0 Å². The Kier molecular flexibility index (Phi) is 2.68. The zero-order chi connectivity index (χ0) is 15.5. The molecule has 0 saturated heterocycles. The van der Waals surface area contributed by atoms with Gasteiger partial charge in [-0.15, -0.1) is 0 Å². The number of fused-ring (bicyclic) bond motifs is 4. The third-order valence-electron chi connectivity index (χ3n) is 4.82. The average molecular weight is 292 g/mol. The van der Waals surface area contributed by atoms with Gasteiger partial charge >= 0.3 is 0 Å². The molecule has 0 unspecified atom stereocenters. The number of phenolic OH excluding ortho intramolecular Hbond substituents is 1. The van der Waals surface area contributed by atoms with Gasteiger partial charge in [-0.2, -0.15) is 0 Å². The van der Waals surface area contributed by atoms with Crippen molar-refractivity contribution in [2.24, 2.45) is 0 Å². The zero-order valence-corrected chi connectivity index (χ0v) is 13.2. The van der Waals surface area contributed by atoms with Crippen molar-refractivity contribution in [3.8, 4) is 11.5 Å². The molecule has 1 N–H and O–H groups in total. The lowest BCUT2D eigenvalue weighted by Gasteiger charge is -2.34. The number of phenols is 1. The first-order chi connectivity index (χ1) is 10.5. The van der Waals surface area contributed by atoms with Crippen LogP contribution in [0.4, 0.5) is 0 Å². The second-order valence-corrected chi connectivity index (χ2v) is 6.89. The van der Waals surface area contributed by atoms with Crippen molar-refractivity contribution in [1.29, 1.82) is 0 Å². The molecule has 0 atom stereocenters. The summed E-state index contributed by atoms with van der Waals surface area (Å²) in [6, 6.07) is 12.5. The van der Waals surface area contributed by atoms with Crippen molar-refractivity contribution in [3.63, 3.8) is 0 Å². The SMILES string of the molecule is Cc1c2c(c3cc4ccccc4cc3c1O)OC(C)(C)CC2. The van der Waals surface area contributed by atoms with Crippen LogP contribution in [0.3, 0.4) is 0 Å². The number of hydrogen-bond acceptors (Lipinski definition) is 2. The molecule has 4 rings (SSSR count). The van der Waals surface area contributed by atoms with Crippen molar-refractivity contribution in [1.82, 2.24) is 0 Å². The van der Waals surface area contributed by atoms with Gasteiger partial charge in [-0.25, -0.2) is 0 Å². The van der Waals surface area contributed by atoms with Crippen LogP contribution in [-0.2, 0) is 6.42 Å². The van der Waals surface area contributed by atoms with E-state index in [1.807, 2.05) is 19.1 Å². The Balaban J connectivity index is 2.14. The number of ether oxygens (including phenoxy) is 1. The molecule has 1 heterocycles. The summed E-state index contributed by atoms with van der Waals surface area (Å²) in [5.41, 5.74) is 1.95. The third kappa shape index (κ3) is 1.87. The molecule has 0 aliphatic carbocycles. The molecule has 3 aromatic carbocycles. The topological polar surface area (TPSA) is 29.5 Å². The minimum absolute atomic E-state index is 0.158. The van der Waals surface area contributed by atoms with E-state index in [4.69, 9.17) is 4.74 Å². The van der Waals surface area contributed by atoms with Gasteiger partial charge < -0.3 is 9.84 Å². The van der Waals surface area contributed by atoms with Crippen molar-refractivity contribution >= 4 is 21.5 Å². The van der Waals surface area contributed by atoms with Crippen LogP contribution in [0.1, 0.15) is 31.4 Å². The molecule has 0 fully saturated rings. The molecular formula is C20H20O2. The van der Waals surface area contributed by atoms with E-state index in [1.54, 1.807) is 0 Å². The summed E-state index contributed by atoms with van der Waals surface area (Å²) in [5, 5.41) is 14.9. The molecule has 2 heteroatoms. The summed E-state index contributed by atoms with van der Waals surface area (Å²) < 4.78 is 6.31. The van der Waals surface area contributed by atoms with E-state index in [1.165, 1.54) is 5.39 Å². The Morgan fingerprint density at radius 1 is 1.05 bits per heavy atom. The highest BCUT2D eigenvalue weighted by atomic mass is 16.5. The Morgan fingerprint density at radius 2 is 1.68 bits per heavy atom. The highest BCUT2D eigenvalue weighted by molar-refractivity contribution is 6.05. The van der Waals surface area contributed by atoms with E-state index >= 15 is 0 Å². The van der Waals surface area contributed by atoms with Gasteiger partial charge in [-0.05, 0) is 62.1 Å². The maximum absolute atomic E-state index is 10.6. The van der Waals surface area contributed by atoms with Crippen LogP contribution in [0.5, 0.6) is 11.5 Å². The molecule has 0 aromatic heterocycles. The largest absolute Gasteiger partial charge is 0.507 e. The number of aromatic hydroxyl groups is 1. The minimum atomic E-state index is -0.158. The van der Waals surface area contributed by atoms with E-state index in [0.717, 1.165) is 45.9 Å². The lowest BCUT2D eigenvalue weighted by molar-refractivity contribution is 0.0865. The predicted molar refractivity (Wildman–Crippen MR) is 90.9 cm³/mol. The van der Waals surface area contributed by atoms with Crippen molar-refractivity contribution in [3.05, 3.63) is 47.5 Å². The Morgan fingerprint density at radius 3 is 2.36 bits per heavy atom. The lowest BCUT2D eigenvalue weighted by atomic mass is 9.88. The lowest BCUT2D eigenvalue weighted by Crippen LogP contribution is -2.33. The van der Waals surface area contributed by atoms with E-state index in [0.29, 0.717) is 5.75 Å². The summed E-state index contributed by atoms with van der Waals surface area (Å²) in [5.74, 6) is 1.34. The molecular weight excluding hydrogens is 272 g/mol. The third-order valence-corrected chi connectivity index (χ3v) is 4.82. The molecule has 0 amide bonds. The number of benzene rings is 3. The first kappa shape index (κ1) is 13.4. The second-order valence-electron chi connectivity index (χ2n) is 6.89. The fraction of sp³-hybridized carbons (Fsp3) is 0.300. The summed E-state index contributed by atoms with van der Waals surface area (Å²) >= 11 is 0. The van der Waals surface area contributed by atoms with Crippen molar-refractivity contribution in [2.75, 3.05) is 0 Å². The molecule has 22 heavy (non-hydrogen) atoms. The summed E-state index contributed by atoms with van der Waals surface area (Å²) in [6.45, 7) is 6.25. The molecule has 1 aliphatic heterocycles. The van der Waals surface area contributed by atoms with Crippen molar-refractivity contribution in [2.45, 2.75) is 39.2 Å². The van der Waals surface area contributed by atoms with Gasteiger partial charge in [0.2, 0.25) is 0 Å². The Labute approximate surface area is 130 Å². The molecule has 3 aromatic rings. The quantitative estimate of drug-likeness (QED) is 0.583.